The van der Waals surface area contributed by atoms with Crippen LogP contribution in [0.1, 0.15) is 6.42 Å². The molecule has 0 aromatic rings. The quantitative estimate of drug-likeness (QED) is 0.501. The Morgan fingerprint density at radius 3 is 2.43 bits per heavy atom. The van der Waals surface area contributed by atoms with Gasteiger partial charge in [-0.1, -0.05) is 6.08 Å². The van der Waals surface area contributed by atoms with Crippen LogP contribution in [0.2, 0.25) is 0 Å². The van der Waals surface area contributed by atoms with E-state index in [0.717, 1.165) is 11.6 Å². The number of nitrogens with two attached hydrogens (primary N) is 1. The molecular weight excluding hydrogens is 105 g/mol. The van der Waals surface area contributed by atoms with Crippen LogP contribution in [-0.4, -0.2) is 5.66 Å². The van der Waals surface area contributed by atoms with E-state index in [9.17, 15) is 0 Å². The van der Waals surface area contributed by atoms with Crippen LogP contribution in [0, 0.1) is 5.92 Å². The van der Waals surface area contributed by atoms with Crippen LogP contribution in [0.25, 0.3) is 0 Å². The molecule has 0 saturated heterocycles. The molecule has 7 heavy (non-hydrogen) atoms. The van der Waals surface area contributed by atoms with Crippen molar-refractivity contribution in [2.45, 2.75) is 12.1 Å². The zero-order chi connectivity index (χ0) is 5.28. The molecule has 40 valence electrons. The SMILES string of the molecule is N/C=C/C1CC1P. The van der Waals surface area contributed by atoms with E-state index in [4.69, 9.17) is 5.73 Å². The molecule has 1 saturated carbocycles. The van der Waals surface area contributed by atoms with Gasteiger partial charge in [-0.3, -0.25) is 0 Å². The minimum Gasteiger partial charge on any atom is -0.405 e. The second kappa shape index (κ2) is 1.83. The second-order valence-electron chi connectivity index (χ2n) is 1.95. The third-order valence-corrected chi connectivity index (χ3v) is 2.02. The van der Waals surface area contributed by atoms with E-state index in [2.05, 4.69) is 15.3 Å². The molecule has 0 aromatic carbocycles. The fourth-order valence-corrected chi connectivity index (χ4v) is 1.04. The van der Waals surface area contributed by atoms with Crippen LogP contribution in [0.4, 0.5) is 0 Å². The van der Waals surface area contributed by atoms with Crippen molar-refractivity contribution >= 4 is 9.24 Å². The molecular formula is C5H10NP. The molecule has 0 radical (unpaired) electrons. The molecule has 0 heterocycles. The number of rotatable bonds is 1. The minimum atomic E-state index is 0.773. The van der Waals surface area contributed by atoms with Crippen molar-refractivity contribution in [3.8, 4) is 0 Å². The first-order chi connectivity index (χ1) is 3.34. The standard InChI is InChI=1S/C5H10NP/c6-2-1-4-3-5(4)7/h1-2,4-5H,3,6-7H2/b2-1+. The van der Waals surface area contributed by atoms with Gasteiger partial charge >= 0.3 is 0 Å². The molecule has 1 aliphatic rings. The van der Waals surface area contributed by atoms with Gasteiger partial charge in [-0.05, 0) is 24.2 Å². The van der Waals surface area contributed by atoms with Crippen molar-refractivity contribution in [3.63, 3.8) is 0 Å². The lowest BCUT2D eigenvalue weighted by molar-refractivity contribution is 1.12. The maximum Gasteiger partial charge on any atom is -0.01000 e. The smallest absolute Gasteiger partial charge is 0.01000 e. The van der Waals surface area contributed by atoms with Crippen molar-refractivity contribution in [3.05, 3.63) is 12.3 Å². The largest absolute Gasteiger partial charge is 0.405 e. The number of hydrogen-bond donors (Lipinski definition) is 1. The van der Waals surface area contributed by atoms with Crippen LogP contribution in [0.3, 0.4) is 0 Å². The molecule has 1 fully saturated rings. The van der Waals surface area contributed by atoms with E-state index < -0.39 is 0 Å². The maximum atomic E-state index is 5.14. The third kappa shape index (κ3) is 1.17. The summed E-state index contributed by atoms with van der Waals surface area (Å²) < 4.78 is 0. The van der Waals surface area contributed by atoms with E-state index in [1.807, 2.05) is 0 Å². The fraction of sp³-hybridized carbons (Fsp3) is 0.600. The molecule has 2 heteroatoms. The van der Waals surface area contributed by atoms with Gasteiger partial charge in [0.05, 0.1) is 0 Å². The highest BCUT2D eigenvalue weighted by molar-refractivity contribution is 7.18. The Bertz CT molecular complexity index is 90.1. The molecule has 1 aliphatic carbocycles. The Morgan fingerprint density at radius 2 is 2.29 bits per heavy atom. The summed E-state index contributed by atoms with van der Waals surface area (Å²) in [6.07, 6.45) is 4.99. The van der Waals surface area contributed by atoms with Crippen LogP contribution >= 0.6 is 9.24 Å². The molecule has 0 spiro atoms. The van der Waals surface area contributed by atoms with Gasteiger partial charge in [-0.2, -0.15) is 0 Å². The summed E-state index contributed by atoms with van der Waals surface area (Å²) in [5.74, 6) is 0.773. The predicted molar refractivity (Wildman–Crippen MR) is 34.9 cm³/mol. The summed E-state index contributed by atoms with van der Waals surface area (Å²) in [7, 11) is 2.77. The lowest BCUT2D eigenvalue weighted by Gasteiger charge is -1.76. The van der Waals surface area contributed by atoms with Crippen LogP contribution < -0.4 is 5.73 Å². The Labute approximate surface area is 46.2 Å². The Kier molecular flexibility index (Phi) is 1.34. The van der Waals surface area contributed by atoms with Crippen molar-refractivity contribution < 1.29 is 0 Å². The van der Waals surface area contributed by atoms with E-state index in [1.165, 1.54) is 6.42 Å². The van der Waals surface area contributed by atoms with E-state index >= 15 is 0 Å². The molecule has 3 atom stereocenters. The predicted octanol–water partition coefficient (Wildman–Crippen LogP) is 0.722. The summed E-state index contributed by atoms with van der Waals surface area (Å²) in [6, 6.07) is 0. The normalized spacial score (nSPS) is 39.6. The summed E-state index contributed by atoms with van der Waals surface area (Å²) >= 11 is 0. The minimum absolute atomic E-state index is 0.773. The van der Waals surface area contributed by atoms with E-state index in [0.29, 0.717) is 0 Å². The van der Waals surface area contributed by atoms with Crippen molar-refractivity contribution in [1.29, 1.82) is 0 Å². The summed E-state index contributed by atoms with van der Waals surface area (Å²) in [6.45, 7) is 0. The third-order valence-electron chi connectivity index (χ3n) is 1.25. The zero-order valence-corrected chi connectivity index (χ0v) is 5.33. The molecule has 0 aromatic heterocycles. The molecule has 0 aliphatic heterocycles. The molecule has 3 unspecified atom stereocenters. The maximum absolute atomic E-state index is 5.14. The average Bonchev–Trinajstić information content (AvgIpc) is 2.22. The average molecular weight is 115 g/mol. The van der Waals surface area contributed by atoms with Crippen LogP contribution in [-0.2, 0) is 0 Å². The molecule has 0 amide bonds. The Hall–Kier alpha value is -0.0300. The van der Waals surface area contributed by atoms with Crippen LogP contribution in [0.5, 0.6) is 0 Å². The van der Waals surface area contributed by atoms with Gasteiger partial charge in [0.1, 0.15) is 0 Å². The molecule has 1 nitrogen and oxygen atoms in total. The van der Waals surface area contributed by atoms with Gasteiger partial charge in [0.15, 0.2) is 0 Å². The van der Waals surface area contributed by atoms with Crippen molar-refractivity contribution in [2.75, 3.05) is 0 Å². The van der Waals surface area contributed by atoms with Gasteiger partial charge in [0.25, 0.3) is 0 Å². The monoisotopic (exact) mass is 115 g/mol. The van der Waals surface area contributed by atoms with E-state index in [1.54, 1.807) is 6.20 Å². The van der Waals surface area contributed by atoms with Crippen LogP contribution in [0.15, 0.2) is 12.3 Å². The highest BCUT2D eigenvalue weighted by Crippen LogP contribution is 2.38. The lowest BCUT2D eigenvalue weighted by atomic mass is 10.4. The zero-order valence-electron chi connectivity index (χ0n) is 4.17. The molecule has 0 bridgehead atoms. The molecule has 2 N–H and O–H groups in total. The number of hydrogen-bond acceptors (Lipinski definition) is 1. The summed E-state index contributed by atoms with van der Waals surface area (Å²) in [4.78, 5) is 0. The van der Waals surface area contributed by atoms with Gasteiger partial charge in [-0.25, -0.2) is 0 Å². The highest BCUT2D eigenvalue weighted by atomic mass is 31.0. The Balaban J connectivity index is 2.21. The first kappa shape index (κ1) is 5.11. The lowest BCUT2D eigenvalue weighted by Crippen LogP contribution is -1.77. The van der Waals surface area contributed by atoms with E-state index in [-0.39, 0.29) is 0 Å². The van der Waals surface area contributed by atoms with Gasteiger partial charge in [-0.15, -0.1) is 9.24 Å². The van der Waals surface area contributed by atoms with Crippen molar-refractivity contribution in [2.24, 2.45) is 11.7 Å². The first-order valence-corrected chi connectivity index (χ1v) is 3.15. The summed E-state index contributed by atoms with van der Waals surface area (Å²) in [5.41, 5.74) is 5.96. The number of allylic oxidation sites excluding steroid dienone is 1. The highest BCUT2D eigenvalue weighted by Gasteiger charge is 2.29. The summed E-state index contributed by atoms with van der Waals surface area (Å²) in [5, 5.41) is 0. The van der Waals surface area contributed by atoms with Crippen molar-refractivity contribution in [1.82, 2.24) is 0 Å². The van der Waals surface area contributed by atoms with Gasteiger partial charge in [0, 0.05) is 0 Å². The second-order valence-corrected chi connectivity index (χ2v) is 2.80. The Morgan fingerprint density at radius 1 is 1.71 bits per heavy atom. The first-order valence-electron chi connectivity index (χ1n) is 2.48. The van der Waals surface area contributed by atoms with Gasteiger partial charge < -0.3 is 5.73 Å². The fourth-order valence-electron chi connectivity index (χ4n) is 0.600. The van der Waals surface area contributed by atoms with Gasteiger partial charge in [0.2, 0.25) is 0 Å². The topological polar surface area (TPSA) is 26.0 Å². The molecule has 1 rings (SSSR count).